The average molecular weight is 233 g/mol. The Bertz CT molecular complexity index is 426. The molecule has 1 aliphatic rings. The average Bonchev–Trinajstić information content (AvgIpc) is 2.38. The molecule has 1 heterocycles. The summed E-state index contributed by atoms with van der Waals surface area (Å²) >= 11 is 0. The van der Waals surface area contributed by atoms with Crippen molar-refractivity contribution in [3.63, 3.8) is 0 Å². The third kappa shape index (κ3) is 3.27. The van der Waals surface area contributed by atoms with Crippen molar-refractivity contribution in [1.29, 1.82) is 0 Å². The van der Waals surface area contributed by atoms with Crippen molar-refractivity contribution in [3.8, 4) is 0 Å². The Kier molecular flexibility index (Phi) is 3.69. The third-order valence-corrected chi connectivity index (χ3v) is 2.77. The molecular weight excluding hydrogens is 218 g/mol. The van der Waals surface area contributed by atoms with Crippen LogP contribution in [0.3, 0.4) is 0 Å². The predicted molar refractivity (Wildman–Crippen MR) is 66.1 cm³/mol. The molecule has 5 nitrogen and oxygen atoms in total. The van der Waals surface area contributed by atoms with E-state index in [-0.39, 0.29) is 10.6 Å². The van der Waals surface area contributed by atoms with Crippen LogP contribution < -0.4 is 5.32 Å². The number of hydrogen-bond donors (Lipinski definition) is 1. The second kappa shape index (κ2) is 5.43. The molecule has 0 aromatic heterocycles. The van der Waals surface area contributed by atoms with Crippen molar-refractivity contribution < 1.29 is 4.92 Å². The maximum absolute atomic E-state index is 10.5. The second-order valence-electron chi connectivity index (χ2n) is 4.06. The Morgan fingerprint density at radius 2 is 2.06 bits per heavy atom. The van der Waals surface area contributed by atoms with Gasteiger partial charge in [0.15, 0.2) is 0 Å². The SMILES string of the molecule is O=[N+]([O-])c1ccc(CNC2=NCCCC2)cc1. The lowest BCUT2D eigenvalue weighted by atomic mass is 10.1. The van der Waals surface area contributed by atoms with E-state index in [1.165, 1.54) is 25.0 Å². The summed E-state index contributed by atoms with van der Waals surface area (Å²) in [5.74, 6) is 1.05. The number of benzene rings is 1. The fraction of sp³-hybridized carbons (Fsp3) is 0.417. The molecule has 0 saturated heterocycles. The van der Waals surface area contributed by atoms with Crippen LogP contribution in [-0.4, -0.2) is 17.3 Å². The fourth-order valence-corrected chi connectivity index (χ4v) is 1.78. The summed E-state index contributed by atoms with van der Waals surface area (Å²) in [5, 5.41) is 13.8. The van der Waals surface area contributed by atoms with Crippen molar-refractivity contribution in [1.82, 2.24) is 5.32 Å². The maximum atomic E-state index is 10.5. The highest BCUT2D eigenvalue weighted by Gasteiger charge is 2.06. The standard InChI is InChI=1S/C12H15N3O2/c16-15(17)11-6-4-10(5-7-11)9-14-12-3-1-2-8-13-12/h4-7H,1-3,8-9H2,(H,13,14). The smallest absolute Gasteiger partial charge is 0.269 e. The molecule has 0 radical (unpaired) electrons. The molecule has 0 aliphatic carbocycles. The van der Waals surface area contributed by atoms with Crippen LogP contribution in [0.25, 0.3) is 0 Å². The Balaban J connectivity index is 1.90. The summed E-state index contributed by atoms with van der Waals surface area (Å²) in [6.07, 6.45) is 3.36. The van der Waals surface area contributed by atoms with Gasteiger partial charge in [0.1, 0.15) is 0 Å². The predicted octanol–water partition coefficient (Wildman–Crippen LogP) is 2.27. The lowest BCUT2D eigenvalue weighted by Gasteiger charge is -2.13. The van der Waals surface area contributed by atoms with Gasteiger partial charge in [0.05, 0.1) is 10.8 Å². The molecule has 5 heteroatoms. The van der Waals surface area contributed by atoms with Crippen molar-refractivity contribution in [2.45, 2.75) is 25.8 Å². The summed E-state index contributed by atoms with van der Waals surface area (Å²) in [6.45, 7) is 1.58. The summed E-state index contributed by atoms with van der Waals surface area (Å²) in [4.78, 5) is 14.5. The number of aliphatic imine (C=N–C) groups is 1. The summed E-state index contributed by atoms with van der Waals surface area (Å²) in [6, 6.07) is 6.60. The van der Waals surface area contributed by atoms with E-state index >= 15 is 0 Å². The minimum atomic E-state index is -0.386. The molecule has 0 spiro atoms. The van der Waals surface area contributed by atoms with Crippen molar-refractivity contribution >= 4 is 11.5 Å². The first-order valence-electron chi connectivity index (χ1n) is 5.76. The van der Waals surface area contributed by atoms with Crippen LogP contribution in [-0.2, 0) is 6.54 Å². The molecule has 1 aromatic rings. The molecule has 1 N–H and O–H groups in total. The van der Waals surface area contributed by atoms with Gasteiger partial charge in [-0.05, 0) is 18.4 Å². The summed E-state index contributed by atoms with van der Waals surface area (Å²) < 4.78 is 0. The van der Waals surface area contributed by atoms with E-state index < -0.39 is 0 Å². The van der Waals surface area contributed by atoms with Crippen LogP contribution >= 0.6 is 0 Å². The van der Waals surface area contributed by atoms with Gasteiger partial charge in [-0.1, -0.05) is 12.1 Å². The zero-order chi connectivity index (χ0) is 12.1. The van der Waals surface area contributed by atoms with Gasteiger partial charge in [0.25, 0.3) is 5.69 Å². The van der Waals surface area contributed by atoms with Gasteiger partial charge in [-0.3, -0.25) is 15.1 Å². The van der Waals surface area contributed by atoms with Crippen molar-refractivity contribution in [2.24, 2.45) is 4.99 Å². The number of rotatable bonds is 3. The third-order valence-electron chi connectivity index (χ3n) is 2.77. The quantitative estimate of drug-likeness (QED) is 0.643. The summed E-state index contributed by atoms with van der Waals surface area (Å²) in [7, 11) is 0. The van der Waals surface area contributed by atoms with Crippen molar-refractivity contribution in [3.05, 3.63) is 39.9 Å². The Hall–Kier alpha value is -1.91. The maximum Gasteiger partial charge on any atom is 0.269 e. The van der Waals surface area contributed by atoms with E-state index in [1.54, 1.807) is 12.1 Å². The van der Waals surface area contributed by atoms with Crippen LogP contribution in [0, 0.1) is 10.1 Å². The first kappa shape index (κ1) is 11.6. The second-order valence-corrected chi connectivity index (χ2v) is 4.06. The Labute approximate surface area is 99.7 Å². The molecule has 17 heavy (non-hydrogen) atoms. The Morgan fingerprint density at radius 3 is 2.65 bits per heavy atom. The highest BCUT2D eigenvalue weighted by Crippen LogP contribution is 2.12. The van der Waals surface area contributed by atoms with Crippen LogP contribution in [0.2, 0.25) is 0 Å². The van der Waals surface area contributed by atoms with Crippen LogP contribution in [0.4, 0.5) is 5.69 Å². The first-order chi connectivity index (χ1) is 8.25. The molecule has 1 aromatic carbocycles. The zero-order valence-corrected chi connectivity index (χ0v) is 9.56. The number of nitro benzene ring substituents is 1. The van der Waals surface area contributed by atoms with E-state index in [0.29, 0.717) is 6.54 Å². The molecule has 1 aliphatic heterocycles. The number of nitrogens with zero attached hydrogens (tertiary/aromatic N) is 2. The van der Waals surface area contributed by atoms with E-state index in [0.717, 1.165) is 24.4 Å². The topological polar surface area (TPSA) is 67.5 Å². The molecule has 0 fully saturated rings. The van der Waals surface area contributed by atoms with Gasteiger partial charge in [-0.25, -0.2) is 0 Å². The van der Waals surface area contributed by atoms with Crippen LogP contribution in [0.15, 0.2) is 29.3 Å². The molecular formula is C12H15N3O2. The first-order valence-corrected chi connectivity index (χ1v) is 5.76. The highest BCUT2D eigenvalue weighted by molar-refractivity contribution is 5.82. The molecule has 2 rings (SSSR count). The van der Waals surface area contributed by atoms with Gasteiger partial charge in [-0.15, -0.1) is 0 Å². The van der Waals surface area contributed by atoms with E-state index in [2.05, 4.69) is 10.3 Å². The monoisotopic (exact) mass is 233 g/mol. The van der Waals surface area contributed by atoms with E-state index in [4.69, 9.17) is 0 Å². The summed E-state index contributed by atoms with van der Waals surface area (Å²) in [5.41, 5.74) is 1.16. The Morgan fingerprint density at radius 1 is 1.29 bits per heavy atom. The largest absolute Gasteiger partial charge is 0.370 e. The van der Waals surface area contributed by atoms with E-state index in [9.17, 15) is 10.1 Å². The molecule has 0 amide bonds. The highest BCUT2D eigenvalue weighted by atomic mass is 16.6. The minimum Gasteiger partial charge on any atom is -0.370 e. The lowest BCUT2D eigenvalue weighted by molar-refractivity contribution is -0.384. The molecule has 0 saturated carbocycles. The molecule has 90 valence electrons. The van der Waals surface area contributed by atoms with Crippen LogP contribution in [0.5, 0.6) is 0 Å². The van der Waals surface area contributed by atoms with Crippen LogP contribution in [0.1, 0.15) is 24.8 Å². The van der Waals surface area contributed by atoms with E-state index in [1.807, 2.05) is 0 Å². The molecule has 0 unspecified atom stereocenters. The molecule has 0 bridgehead atoms. The number of non-ortho nitro benzene ring substituents is 1. The van der Waals surface area contributed by atoms with Gasteiger partial charge < -0.3 is 5.32 Å². The van der Waals surface area contributed by atoms with Crippen molar-refractivity contribution in [2.75, 3.05) is 6.54 Å². The number of hydrogen-bond acceptors (Lipinski definition) is 4. The number of amidine groups is 1. The van der Waals surface area contributed by atoms with Gasteiger partial charge in [0.2, 0.25) is 0 Å². The number of nitrogens with one attached hydrogen (secondary N) is 1. The fourth-order valence-electron chi connectivity index (χ4n) is 1.78. The van der Waals surface area contributed by atoms with Gasteiger partial charge in [0, 0.05) is 31.6 Å². The number of nitro groups is 1. The zero-order valence-electron chi connectivity index (χ0n) is 9.56. The normalized spacial score (nSPS) is 15.2. The van der Waals surface area contributed by atoms with Gasteiger partial charge in [-0.2, -0.15) is 0 Å². The lowest BCUT2D eigenvalue weighted by Crippen LogP contribution is -2.25. The minimum absolute atomic E-state index is 0.128. The molecule has 0 atom stereocenters. The van der Waals surface area contributed by atoms with Gasteiger partial charge >= 0.3 is 0 Å².